The van der Waals surface area contributed by atoms with Gasteiger partial charge in [-0.2, -0.15) is 0 Å². The van der Waals surface area contributed by atoms with Gasteiger partial charge in [0.05, 0.1) is 6.54 Å². The molecule has 1 aromatic heterocycles. The predicted molar refractivity (Wildman–Crippen MR) is 65.9 cm³/mol. The number of carbonyl (C=O) groups is 2. The second-order valence-corrected chi connectivity index (χ2v) is 4.96. The summed E-state index contributed by atoms with van der Waals surface area (Å²) < 4.78 is 0. The van der Waals surface area contributed by atoms with Crippen LogP contribution in [0.2, 0.25) is 0 Å². The first-order valence-corrected chi connectivity index (χ1v) is 6.36. The molecule has 6 heteroatoms. The van der Waals surface area contributed by atoms with Gasteiger partial charge in [-0.1, -0.05) is 0 Å². The van der Waals surface area contributed by atoms with Gasteiger partial charge in [-0.3, -0.25) is 15.0 Å². The van der Waals surface area contributed by atoms with Gasteiger partial charge in [0, 0.05) is 25.0 Å². The minimum atomic E-state index is -0.455. The van der Waals surface area contributed by atoms with E-state index < -0.39 is 6.03 Å². The molecule has 1 aromatic rings. The standard InChI is InChI=1S/C11H15N3O2S/c1-12-11(16)13-10(15)7-14-4-2-9-8(6-14)3-5-17-9/h3,5H,2,4,6-7H2,1H3,(H2,12,13,15,16). The van der Waals surface area contributed by atoms with Crippen molar-refractivity contribution in [1.82, 2.24) is 15.5 Å². The molecule has 0 unspecified atom stereocenters. The number of imide groups is 1. The van der Waals surface area contributed by atoms with E-state index in [1.54, 1.807) is 11.3 Å². The van der Waals surface area contributed by atoms with Gasteiger partial charge in [-0.15, -0.1) is 11.3 Å². The Balaban J connectivity index is 1.85. The lowest BCUT2D eigenvalue weighted by Gasteiger charge is -2.25. The fourth-order valence-corrected chi connectivity index (χ4v) is 2.76. The maximum Gasteiger partial charge on any atom is 0.321 e. The van der Waals surface area contributed by atoms with Crippen molar-refractivity contribution in [3.63, 3.8) is 0 Å². The van der Waals surface area contributed by atoms with Crippen LogP contribution in [0.15, 0.2) is 11.4 Å². The third-order valence-electron chi connectivity index (χ3n) is 2.73. The van der Waals surface area contributed by atoms with Gasteiger partial charge >= 0.3 is 6.03 Å². The number of amides is 3. The fourth-order valence-electron chi connectivity index (χ4n) is 1.87. The zero-order chi connectivity index (χ0) is 12.3. The molecule has 92 valence electrons. The van der Waals surface area contributed by atoms with Crippen LogP contribution in [0.1, 0.15) is 10.4 Å². The van der Waals surface area contributed by atoms with Crippen LogP contribution in [0.5, 0.6) is 0 Å². The van der Waals surface area contributed by atoms with Crippen molar-refractivity contribution >= 4 is 23.3 Å². The van der Waals surface area contributed by atoms with Crippen LogP contribution in [0.25, 0.3) is 0 Å². The Morgan fingerprint density at radius 1 is 1.53 bits per heavy atom. The summed E-state index contributed by atoms with van der Waals surface area (Å²) in [6, 6.07) is 1.64. The molecule has 0 aliphatic carbocycles. The van der Waals surface area contributed by atoms with Crippen LogP contribution < -0.4 is 10.6 Å². The molecule has 2 N–H and O–H groups in total. The van der Waals surface area contributed by atoms with Gasteiger partial charge in [-0.05, 0) is 23.4 Å². The molecule has 0 radical (unpaired) electrons. The van der Waals surface area contributed by atoms with Crippen LogP contribution in [-0.2, 0) is 17.8 Å². The molecule has 17 heavy (non-hydrogen) atoms. The van der Waals surface area contributed by atoms with E-state index in [2.05, 4.69) is 22.1 Å². The number of carbonyl (C=O) groups excluding carboxylic acids is 2. The molecular formula is C11H15N3O2S. The largest absolute Gasteiger partial charge is 0.341 e. The van der Waals surface area contributed by atoms with E-state index in [1.165, 1.54) is 17.5 Å². The summed E-state index contributed by atoms with van der Waals surface area (Å²) in [4.78, 5) is 25.9. The van der Waals surface area contributed by atoms with Crippen LogP contribution >= 0.6 is 11.3 Å². The molecule has 0 spiro atoms. The van der Waals surface area contributed by atoms with Crippen molar-refractivity contribution in [2.24, 2.45) is 0 Å². The van der Waals surface area contributed by atoms with Crippen LogP contribution in [0.4, 0.5) is 4.79 Å². The highest BCUT2D eigenvalue weighted by molar-refractivity contribution is 7.10. The number of hydrogen-bond acceptors (Lipinski definition) is 4. The summed E-state index contributed by atoms with van der Waals surface area (Å²) in [6.07, 6.45) is 0.986. The van der Waals surface area contributed by atoms with Crippen LogP contribution in [0, 0.1) is 0 Å². The molecule has 5 nitrogen and oxygen atoms in total. The Bertz CT molecular complexity index is 430. The average molecular weight is 253 g/mol. The Morgan fingerprint density at radius 2 is 2.35 bits per heavy atom. The van der Waals surface area contributed by atoms with Crippen molar-refractivity contribution in [3.8, 4) is 0 Å². The second kappa shape index (κ2) is 5.29. The van der Waals surface area contributed by atoms with Crippen LogP contribution in [-0.4, -0.2) is 37.0 Å². The van der Waals surface area contributed by atoms with Crippen molar-refractivity contribution in [3.05, 3.63) is 21.9 Å². The maximum absolute atomic E-state index is 11.5. The lowest BCUT2D eigenvalue weighted by atomic mass is 10.1. The Kier molecular flexibility index (Phi) is 3.75. The number of fused-ring (bicyclic) bond motifs is 1. The number of nitrogens with zero attached hydrogens (tertiary/aromatic N) is 1. The highest BCUT2D eigenvalue weighted by Crippen LogP contribution is 2.23. The molecule has 1 aliphatic rings. The average Bonchev–Trinajstić information content (AvgIpc) is 2.75. The van der Waals surface area contributed by atoms with E-state index in [0.717, 1.165) is 19.5 Å². The van der Waals surface area contributed by atoms with Gasteiger partial charge in [-0.25, -0.2) is 4.79 Å². The molecule has 0 fully saturated rings. The summed E-state index contributed by atoms with van der Waals surface area (Å²) in [5.41, 5.74) is 1.30. The number of urea groups is 1. The number of rotatable bonds is 2. The van der Waals surface area contributed by atoms with Crippen molar-refractivity contribution in [1.29, 1.82) is 0 Å². The van der Waals surface area contributed by atoms with E-state index in [1.807, 2.05) is 4.90 Å². The van der Waals surface area contributed by atoms with Gasteiger partial charge in [0.25, 0.3) is 0 Å². The first-order chi connectivity index (χ1) is 8.19. The summed E-state index contributed by atoms with van der Waals surface area (Å²) >= 11 is 1.77. The number of nitrogens with one attached hydrogen (secondary N) is 2. The molecule has 0 saturated carbocycles. The van der Waals surface area contributed by atoms with Crippen molar-refractivity contribution in [2.45, 2.75) is 13.0 Å². The summed E-state index contributed by atoms with van der Waals surface area (Å²) in [5.74, 6) is -0.261. The minimum Gasteiger partial charge on any atom is -0.341 e. The quantitative estimate of drug-likeness (QED) is 0.809. The normalized spacial score (nSPS) is 15.1. The highest BCUT2D eigenvalue weighted by atomic mass is 32.1. The summed E-state index contributed by atoms with van der Waals surface area (Å²) in [6.45, 7) is 1.93. The molecular weight excluding hydrogens is 238 g/mol. The molecule has 0 bridgehead atoms. The third kappa shape index (κ3) is 3.04. The Morgan fingerprint density at radius 3 is 3.12 bits per heavy atom. The molecule has 3 amide bonds. The Hall–Kier alpha value is -1.40. The fraction of sp³-hybridized carbons (Fsp3) is 0.455. The first-order valence-electron chi connectivity index (χ1n) is 5.48. The second-order valence-electron chi connectivity index (χ2n) is 3.96. The topological polar surface area (TPSA) is 61.4 Å². The summed E-state index contributed by atoms with van der Waals surface area (Å²) in [7, 11) is 1.49. The van der Waals surface area contributed by atoms with E-state index in [-0.39, 0.29) is 12.5 Å². The molecule has 1 aliphatic heterocycles. The minimum absolute atomic E-state index is 0.261. The van der Waals surface area contributed by atoms with E-state index >= 15 is 0 Å². The van der Waals surface area contributed by atoms with Gasteiger partial charge in [0.2, 0.25) is 5.91 Å². The zero-order valence-corrected chi connectivity index (χ0v) is 10.5. The molecule has 0 atom stereocenters. The lowest BCUT2D eigenvalue weighted by molar-refractivity contribution is -0.121. The van der Waals surface area contributed by atoms with E-state index in [0.29, 0.717) is 0 Å². The summed E-state index contributed by atoms with van der Waals surface area (Å²) in [5, 5.41) is 6.71. The van der Waals surface area contributed by atoms with Gasteiger partial charge < -0.3 is 5.32 Å². The molecule has 0 aromatic carbocycles. The highest BCUT2D eigenvalue weighted by Gasteiger charge is 2.19. The van der Waals surface area contributed by atoms with Crippen LogP contribution in [0.3, 0.4) is 0 Å². The SMILES string of the molecule is CNC(=O)NC(=O)CN1CCc2sccc2C1. The van der Waals surface area contributed by atoms with Crippen molar-refractivity contribution in [2.75, 3.05) is 20.1 Å². The maximum atomic E-state index is 11.5. The number of thiophene rings is 1. The van der Waals surface area contributed by atoms with Crippen molar-refractivity contribution < 1.29 is 9.59 Å². The first kappa shape index (κ1) is 12.1. The van der Waals surface area contributed by atoms with E-state index in [9.17, 15) is 9.59 Å². The Labute approximate surface area is 104 Å². The van der Waals surface area contributed by atoms with E-state index in [4.69, 9.17) is 0 Å². The molecule has 2 rings (SSSR count). The number of hydrogen-bond donors (Lipinski definition) is 2. The third-order valence-corrected chi connectivity index (χ3v) is 3.76. The lowest BCUT2D eigenvalue weighted by Crippen LogP contribution is -2.44. The monoisotopic (exact) mass is 253 g/mol. The van der Waals surface area contributed by atoms with Gasteiger partial charge in [0.1, 0.15) is 0 Å². The predicted octanol–water partition coefficient (Wildman–Crippen LogP) is 0.562. The molecule has 2 heterocycles. The molecule has 0 saturated heterocycles. The van der Waals surface area contributed by atoms with Gasteiger partial charge in [0.15, 0.2) is 0 Å². The smallest absolute Gasteiger partial charge is 0.321 e. The zero-order valence-electron chi connectivity index (χ0n) is 9.66.